The molecule has 1 atom stereocenters. The molecule has 0 fully saturated rings. The van der Waals surface area contributed by atoms with E-state index in [0.717, 1.165) is 0 Å². The topological polar surface area (TPSA) is 29.5 Å². The fraction of sp³-hybridized carbons (Fsp3) is 0.200. The molecule has 0 aliphatic rings. The van der Waals surface area contributed by atoms with E-state index in [4.69, 9.17) is 16.3 Å². The minimum Gasteiger partial charge on any atom is -0.497 e. The first-order chi connectivity index (χ1) is 9.52. The standard InChI is InChI=1S/C15H13BrClFO2/c1-20-9-5-6-10(12(16)7-9)15(19)8-11-13(17)3-2-4-14(11)18/h2-7,15,19H,8H2,1H3. The Kier molecular flexibility index (Phi) is 5.02. The number of methoxy groups -OCH3 is 1. The molecule has 2 aromatic rings. The summed E-state index contributed by atoms with van der Waals surface area (Å²) < 4.78 is 19.5. The van der Waals surface area contributed by atoms with Gasteiger partial charge in [0.1, 0.15) is 11.6 Å². The monoisotopic (exact) mass is 358 g/mol. The minimum absolute atomic E-state index is 0.108. The van der Waals surface area contributed by atoms with Crippen LogP contribution in [0.2, 0.25) is 5.02 Å². The van der Waals surface area contributed by atoms with Gasteiger partial charge in [-0.2, -0.15) is 0 Å². The van der Waals surface area contributed by atoms with Crippen LogP contribution in [-0.4, -0.2) is 12.2 Å². The fourth-order valence-corrected chi connectivity index (χ4v) is 2.80. The first kappa shape index (κ1) is 15.3. The molecular formula is C15H13BrClFO2. The number of hydrogen-bond donors (Lipinski definition) is 1. The van der Waals surface area contributed by atoms with Crippen LogP contribution in [0.15, 0.2) is 40.9 Å². The average molecular weight is 360 g/mol. The third-order valence-electron chi connectivity index (χ3n) is 3.03. The Morgan fingerprint density at radius 3 is 2.70 bits per heavy atom. The molecule has 0 aliphatic heterocycles. The van der Waals surface area contributed by atoms with E-state index in [1.165, 1.54) is 12.1 Å². The summed E-state index contributed by atoms with van der Waals surface area (Å²) in [5, 5.41) is 10.6. The van der Waals surface area contributed by atoms with Crippen LogP contribution in [0.5, 0.6) is 5.75 Å². The summed E-state index contributed by atoms with van der Waals surface area (Å²) in [5.41, 5.74) is 0.967. The lowest BCUT2D eigenvalue weighted by Crippen LogP contribution is -2.05. The molecule has 0 heterocycles. The first-order valence-corrected chi connectivity index (χ1v) is 7.14. The summed E-state index contributed by atoms with van der Waals surface area (Å²) in [4.78, 5) is 0. The van der Waals surface area contributed by atoms with Gasteiger partial charge in [-0.3, -0.25) is 0 Å². The van der Waals surface area contributed by atoms with Crippen molar-refractivity contribution in [2.75, 3.05) is 7.11 Å². The molecular weight excluding hydrogens is 347 g/mol. The molecule has 0 bridgehead atoms. The minimum atomic E-state index is -0.857. The molecule has 2 nitrogen and oxygen atoms in total. The number of benzene rings is 2. The number of aliphatic hydroxyl groups excluding tert-OH is 1. The van der Waals surface area contributed by atoms with Crippen molar-refractivity contribution in [2.24, 2.45) is 0 Å². The SMILES string of the molecule is COc1ccc(C(O)Cc2c(F)cccc2Cl)c(Br)c1. The fourth-order valence-electron chi connectivity index (χ4n) is 1.94. The molecule has 2 rings (SSSR count). The summed E-state index contributed by atoms with van der Waals surface area (Å²) in [6.07, 6.45) is -0.749. The normalized spacial score (nSPS) is 12.2. The highest BCUT2D eigenvalue weighted by Crippen LogP contribution is 2.31. The molecule has 1 N–H and O–H groups in total. The summed E-state index contributed by atoms with van der Waals surface area (Å²) in [5.74, 6) is 0.262. The van der Waals surface area contributed by atoms with Gasteiger partial charge in [0.15, 0.2) is 0 Å². The quantitative estimate of drug-likeness (QED) is 0.869. The van der Waals surface area contributed by atoms with Gasteiger partial charge in [-0.25, -0.2) is 4.39 Å². The zero-order chi connectivity index (χ0) is 14.7. The maximum absolute atomic E-state index is 13.7. The third-order valence-corrected chi connectivity index (χ3v) is 4.07. The summed E-state index contributed by atoms with van der Waals surface area (Å²) >= 11 is 9.34. The van der Waals surface area contributed by atoms with Crippen molar-refractivity contribution in [2.45, 2.75) is 12.5 Å². The lowest BCUT2D eigenvalue weighted by molar-refractivity contribution is 0.176. The molecule has 0 amide bonds. The summed E-state index contributed by atoms with van der Waals surface area (Å²) in [7, 11) is 1.57. The highest BCUT2D eigenvalue weighted by atomic mass is 79.9. The van der Waals surface area contributed by atoms with Crippen LogP contribution < -0.4 is 4.74 Å². The van der Waals surface area contributed by atoms with Crippen LogP contribution in [0.25, 0.3) is 0 Å². The Hall–Kier alpha value is -1.10. The zero-order valence-electron chi connectivity index (χ0n) is 10.7. The van der Waals surface area contributed by atoms with Gasteiger partial charge in [0.2, 0.25) is 0 Å². The first-order valence-electron chi connectivity index (χ1n) is 5.97. The van der Waals surface area contributed by atoms with Crippen molar-refractivity contribution in [3.05, 3.63) is 62.8 Å². The van der Waals surface area contributed by atoms with Gasteiger partial charge in [0, 0.05) is 21.5 Å². The van der Waals surface area contributed by atoms with Crippen LogP contribution >= 0.6 is 27.5 Å². The van der Waals surface area contributed by atoms with Crippen molar-refractivity contribution in [1.82, 2.24) is 0 Å². The highest BCUT2D eigenvalue weighted by molar-refractivity contribution is 9.10. The number of ether oxygens (including phenoxy) is 1. The van der Waals surface area contributed by atoms with Gasteiger partial charge < -0.3 is 9.84 Å². The molecule has 20 heavy (non-hydrogen) atoms. The van der Waals surface area contributed by atoms with Crippen molar-refractivity contribution in [3.8, 4) is 5.75 Å². The molecule has 2 aromatic carbocycles. The molecule has 0 aliphatic carbocycles. The van der Waals surface area contributed by atoms with Gasteiger partial charge in [-0.05, 0) is 29.8 Å². The third kappa shape index (κ3) is 3.32. The second kappa shape index (κ2) is 6.57. The maximum atomic E-state index is 13.7. The lowest BCUT2D eigenvalue weighted by atomic mass is 10.0. The number of halogens is 3. The van der Waals surface area contributed by atoms with E-state index < -0.39 is 11.9 Å². The predicted molar refractivity (Wildman–Crippen MR) is 80.8 cm³/mol. The van der Waals surface area contributed by atoms with Crippen molar-refractivity contribution >= 4 is 27.5 Å². The van der Waals surface area contributed by atoms with Gasteiger partial charge in [0.25, 0.3) is 0 Å². The molecule has 0 spiro atoms. The molecule has 1 unspecified atom stereocenters. The maximum Gasteiger partial charge on any atom is 0.127 e. The lowest BCUT2D eigenvalue weighted by Gasteiger charge is -2.15. The second-order valence-electron chi connectivity index (χ2n) is 4.31. The Morgan fingerprint density at radius 2 is 2.10 bits per heavy atom. The van der Waals surface area contributed by atoms with E-state index in [-0.39, 0.29) is 6.42 Å². The van der Waals surface area contributed by atoms with Crippen molar-refractivity contribution in [1.29, 1.82) is 0 Å². The van der Waals surface area contributed by atoms with Gasteiger partial charge in [-0.1, -0.05) is 39.7 Å². The van der Waals surface area contributed by atoms with Crippen molar-refractivity contribution < 1.29 is 14.2 Å². The van der Waals surface area contributed by atoms with Crippen LogP contribution in [0, 0.1) is 5.82 Å². The Bertz CT molecular complexity index is 599. The van der Waals surface area contributed by atoms with Gasteiger partial charge in [-0.15, -0.1) is 0 Å². The molecule has 0 radical (unpaired) electrons. The predicted octanol–water partition coefficient (Wildman–Crippen LogP) is 4.53. The number of hydrogen-bond acceptors (Lipinski definition) is 2. The van der Waals surface area contributed by atoms with E-state index in [0.29, 0.717) is 26.4 Å². The van der Waals surface area contributed by atoms with Crippen LogP contribution in [0.3, 0.4) is 0 Å². The van der Waals surface area contributed by atoms with E-state index in [1.807, 2.05) is 0 Å². The molecule has 106 valence electrons. The largest absolute Gasteiger partial charge is 0.497 e. The van der Waals surface area contributed by atoms with E-state index in [9.17, 15) is 9.50 Å². The Balaban J connectivity index is 2.26. The molecule has 0 saturated heterocycles. The second-order valence-corrected chi connectivity index (χ2v) is 5.57. The highest BCUT2D eigenvalue weighted by Gasteiger charge is 2.17. The molecule has 0 saturated carbocycles. The summed E-state index contributed by atoms with van der Waals surface area (Å²) in [6, 6.07) is 9.71. The molecule has 5 heteroatoms. The summed E-state index contributed by atoms with van der Waals surface area (Å²) in [6.45, 7) is 0. The van der Waals surface area contributed by atoms with Crippen LogP contribution in [0.4, 0.5) is 4.39 Å². The smallest absolute Gasteiger partial charge is 0.127 e. The number of rotatable bonds is 4. The molecule has 0 aromatic heterocycles. The Labute approximate surface area is 130 Å². The van der Waals surface area contributed by atoms with Crippen LogP contribution in [-0.2, 0) is 6.42 Å². The van der Waals surface area contributed by atoms with E-state index in [2.05, 4.69) is 15.9 Å². The van der Waals surface area contributed by atoms with Crippen molar-refractivity contribution in [3.63, 3.8) is 0 Å². The zero-order valence-corrected chi connectivity index (χ0v) is 13.1. The van der Waals surface area contributed by atoms with E-state index >= 15 is 0 Å². The average Bonchev–Trinajstić information content (AvgIpc) is 2.42. The number of aliphatic hydroxyl groups is 1. The Morgan fingerprint density at radius 1 is 1.35 bits per heavy atom. The van der Waals surface area contributed by atoms with Gasteiger partial charge in [0.05, 0.1) is 13.2 Å². The van der Waals surface area contributed by atoms with Gasteiger partial charge >= 0.3 is 0 Å². The van der Waals surface area contributed by atoms with E-state index in [1.54, 1.807) is 31.4 Å². The van der Waals surface area contributed by atoms with Crippen LogP contribution in [0.1, 0.15) is 17.2 Å².